The summed E-state index contributed by atoms with van der Waals surface area (Å²) in [6.07, 6.45) is 36.5. The number of nitrogens with one attached hydrogen (secondary N) is 1. The van der Waals surface area contributed by atoms with Gasteiger partial charge in [0.05, 0.1) is 13.2 Å². The van der Waals surface area contributed by atoms with Crippen LogP contribution in [0.4, 0.5) is 0 Å². The van der Waals surface area contributed by atoms with Crippen LogP contribution in [0.2, 0.25) is 0 Å². The van der Waals surface area contributed by atoms with Gasteiger partial charge in [-0.2, -0.15) is 0 Å². The molecule has 0 aromatic rings. The SMILES string of the molecule is CC/C=C\C/C=C\C/C=C\CCCCCCCCCC(=O)NCCOP(=O)(O)OCC(O)COC(=O)CCCCCCCCCCCC. The van der Waals surface area contributed by atoms with E-state index in [1.807, 2.05) is 0 Å². The first kappa shape index (κ1) is 46.2. The van der Waals surface area contributed by atoms with E-state index in [-0.39, 0.29) is 32.1 Å². The number of allylic oxidation sites excluding steroid dienone is 6. The molecule has 0 spiro atoms. The molecule has 2 atom stereocenters. The number of rotatable bonds is 35. The molecule has 0 aliphatic carbocycles. The van der Waals surface area contributed by atoms with E-state index in [2.05, 4.69) is 55.6 Å². The van der Waals surface area contributed by atoms with Gasteiger partial charge >= 0.3 is 13.8 Å². The van der Waals surface area contributed by atoms with Crippen LogP contribution in [0.25, 0.3) is 0 Å². The predicted octanol–water partition coefficient (Wildman–Crippen LogP) is 9.82. The monoisotopic (exact) mass is 699 g/mol. The summed E-state index contributed by atoms with van der Waals surface area (Å²) in [5, 5.41) is 12.6. The fourth-order valence-electron chi connectivity index (χ4n) is 4.98. The third kappa shape index (κ3) is 35.5. The minimum atomic E-state index is -4.41. The second-order valence-electron chi connectivity index (χ2n) is 12.5. The molecule has 0 saturated heterocycles. The lowest BCUT2D eigenvalue weighted by atomic mass is 10.1. The van der Waals surface area contributed by atoms with Crippen molar-refractivity contribution in [2.75, 3.05) is 26.4 Å². The summed E-state index contributed by atoms with van der Waals surface area (Å²) in [5.74, 6) is -0.529. The summed E-state index contributed by atoms with van der Waals surface area (Å²) >= 11 is 0. The van der Waals surface area contributed by atoms with Gasteiger partial charge in [-0.05, 0) is 44.9 Å². The van der Waals surface area contributed by atoms with Gasteiger partial charge in [-0.1, -0.05) is 140 Å². The number of unbranched alkanes of at least 4 members (excludes halogenated alkanes) is 16. The molecule has 0 heterocycles. The Balaban J connectivity index is 3.63. The molecule has 0 saturated carbocycles. The lowest BCUT2D eigenvalue weighted by molar-refractivity contribution is -0.147. The summed E-state index contributed by atoms with van der Waals surface area (Å²) in [6, 6.07) is 0. The van der Waals surface area contributed by atoms with Crippen molar-refractivity contribution in [1.82, 2.24) is 5.32 Å². The normalized spacial score (nSPS) is 13.8. The van der Waals surface area contributed by atoms with Crippen LogP contribution in [0.1, 0.15) is 162 Å². The highest BCUT2D eigenvalue weighted by molar-refractivity contribution is 7.47. The van der Waals surface area contributed by atoms with E-state index in [9.17, 15) is 24.2 Å². The molecular formula is C38H70NO8P. The number of carbonyl (C=O) groups excluding carboxylic acids is 2. The van der Waals surface area contributed by atoms with Gasteiger partial charge in [-0.3, -0.25) is 18.6 Å². The fourth-order valence-corrected chi connectivity index (χ4v) is 5.74. The van der Waals surface area contributed by atoms with Crippen molar-refractivity contribution in [3.8, 4) is 0 Å². The first-order chi connectivity index (χ1) is 23.3. The summed E-state index contributed by atoms with van der Waals surface area (Å²) in [5.41, 5.74) is 0. The van der Waals surface area contributed by atoms with Crippen molar-refractivity contribution < 1.29 is 37.9 Å². The first-order valence-corrected chi connectivity index (χ1v) is 20.5. The van der Waals surface area contributed by atoms with Crippen LogP contribution in [0.3, 0.4) is 0 Å². The quantitative estimate of drug-likeness (QED) is 0.0258. The average Bonchev–Trinajstić information content (AvgIpc) is 3.07. The molecule has 0 rings (SSSR count). The topological polar surface area (TPSA) is 131 Å². The molecule has 3 N–H and O–H groups in total. The van der Waals surface area contributed by atoms with Crippen LogP contribution in [-0.4, -0.2) is 54.3 Å². The van der Waals surface area contributed by atoms with Crippen molar-refractivity contribution >= 4 is 19.7 Å². The highest BCUT2D eigenvalue weighted by Crippen LogP contribution is 2.42. The Morgan fingerprint density at radius 1 is 0.667 bits per heavy atom. The van der Waals surface area contributed by atoms with Crippen LogP contribution < -0.4 is 5.32 Å². The van der Waals surface area contributed by atoms with E-state index in [0.717, 1.165) is 64.2 Å². The molecule has 9 nitrogen and oxygen atoms in total. The zero-order valence-corrected chi connectivity index (χ0v) is 31.3. The Morgan fingerprint density at radius 3 is 1.79 bits per heavy atom. The van der Waals surface area contributed by atoms with E-state index < -0.39 is 26.5 Å². The summed E-state index contributed by atoms with van der Waals surface area (Å²) in [4.78, 5) is 33.7. The number of phosphoric ester groups is 1. The molecule has 0 aromatic carbocycles. The second kappa shape index (κ2) is 35.1. The van der Waals surface area contributed by atoms with Crippen molar-refractivity contribution in [2.45, 2.75) is 168 Å². The maximum Gasteiger partial charge on any atom is 0.472 e. The Kier molecular flexibility index (Phi) is 33.8. The molecule has 1 amide bonds. The third-order valence-corrected chi connectivity index (χ3v) is 8.82. The number of hydrogen-bond donors (Lipinski definition) is 3. The number of aliphatic hydroxyl groups is 1. The number of carbonyl (C=O) groups is 2. The number of ether oxygens (including phenoxy) is 1. The molecule has 0 radical (unpaired) electrons. The van der Waals surface area contributed by atoms with E-state index in [0.29, 0.717) is 6.42 Å². The summed E-state index contributed by atoms with van der Waals surface area (Å²) in [7, 11) is -4.41. The number of phosphoric acid groups is 1. The van der Waals surface area contributed by atoms with Gasteiger partial charge in [0.25, 0.3) is 0 Å². The fraction of sp³-hybridized carbons (Fsp3) is 0.789. The Morgan fingerprint density at radius 2 is 1.19 bits per heavy atom. The Bertz CT molecular complexity index is 892. The summed E-state index contributed by atoms with van der Waals surface area (Å²) in [6.45, 7) is 3.40. The largest absolute Gasteiger partial charge is 0.472 e. The Hall–Kier alpha value is -1.77. The van der Waals surface area contributed by atoms with Crippen LogP contribution in [0, 0.1) is 0 Å². The minimum absolute atomic E-state index is 0.0763. The molecule has 0 aromatic heterocycles. The predicted molar refractivity (Wildman–Crippen MR) is 197 cm³/mol. The molecule has 10 heteroatoms. The zero-order chi connectivity index (χ0) is 35.4. The van der Waals surface area contributed by atoms with Crippen molar-refractivity contribution in [2.24, 2.45) is 0 Å². The van der Waals surface area contributed by atoms with Gasteiger partial charge in [0.2, 0.25) is 5.91 Å². The maximum absolute atomic E-state index is 12.0. The van der Waals surface area contributed by atoms with E-state index in [1.165, 1.54) is 70.6 Å². The number of esters is 1. The van der Waals surface area contributed by atoms with Gasteiger partial charge in [-0.15, -0.1) is 0 Å². The molecule has 0 bridgehead atoms. The maximum atomic E-state index is 12.0. The van der Waals surface area contributed by atoms with Crippen LogP contribution in [-0.2, 0) is 27.9 Å². The summed E-state index contributed by atoms with van der Waals surface area (Å²) < 4.78 is 26.7. The molecule has 0 aliphatic heterocycles. The molecule has 2 unspecified atom stereocenters. The standard InChI is InChI=1S/C38H70NO8P/c1-3-5-7-9-11-13-15-16-17-18-19-20-21-22-24-26-28-30-37(41)39-32-33-46-48(43,44)47-35-36(40)34-45-38(42)31-29-27-25-23-14-12-10-8-6-4-2/h5,7,11,13,16-17,36,40H,3-4,6,8-10,12,14-15,18-35H2,1-2H3,(H,39,41)(H,43,44)/b7-5-,13-11-,17-16-. The van der Waals surface area contributed by atoms with Gasteiger partial charge in [0.15, 0.2) is 0 Å². The minimum Gasteiger partial charge on any atom is -0.463 e. The number of amides is 1. The Labute approximate surface area is 293 Å². The van der Waals surface area contributed by atoms with Gasteiger partial charge in [0.1, 0.15) is 12.7 Å². The molecule has 48 heavy (non-hydrogen) atoms. The molecule has 0 aliphatic rings. The van der Waals surface area contributed by atoms with E-state index in [4.69, 9.17) is 13.8 Å². The average molecular weight is 700 g/mol. The zero-order valence-electron chi connectivity index (χ0n) is 30.4. The van der Waals surface area contributed by atoms with Crippen LogP contribution >= 0.6 is 7.82 Å². The highest BCUT2D eigenvalue weighted by atomic mass is 31.2. The lowest BCUT2D eigenvalue weighted by Gasteiger charge is -2.15. The molecule has 0 fully saturated rings. The van der Waals surface area contributed by atoms with Crippen LogP contribution in [0.5, 0.6) is 0 Å². The van der Waals surface area contributed by atoms with Crippen LogP contribution in [0.15, 0.2) is 36.5 Å². The second-order valence-corrected chi connectivity index (χ2v) is 14.0. The third-order valence-electron chi connectivity index (χ3n) is 7.83. The van der Waals surface area contributed by atoms with Gasteiger partial charge in [0, 0.05) is 19.4 Å². The number of aliphatic hydroxyl groups excluding tert-OH is 1. The molecule has 280 valence electrons. The lowest BCUT2D eigenvalue weighted by Crippen LogP contribution is -2.27. The van der Waals surface area contributed by atoms with Crippen molar-refractivity contribution in [1.29, 1.82) is 0 Å². The highest BCUT2D eigenvalue weighted by Gasteiger charge is 2.23. The van der Waals surface area contributed by atoms with Gasteiger partial charge < -0.3 is 20.1 Å². The van der Waals surface area contributed by atoms with E-state index in [1.54, 1.807) is 0 Å². The van der Waals surface area contributed by atoms with Gasteiger partial charge in [-0.25, -0.2) is 4.57 Å². The number of hydrogen-bond acceptors (Lipinski definition) is 7. The molecular weight excluding hydrogens is 629 g/mol. The smallest absolute Gasteiger partial charge is 0.463 e. The first-order valence-electron chi connectivity index (χ1n) is 19.0. The van der Waals surface area contributed by atoms with Crippen molar-refractivity contribution in [3.05, 3.63) is 36.5 Å². The van der Waals surface area contributed by atoms with E-state index >= 15 is 0 Å². The van der Waals surface area contributed by atoms with Crippen molar-refractivity contribution in [3.63, 3.8) is 0 Å².